The maximum atomic E-state index is 13.5. The quantitative estimate of drug-likeness (QED) is 0.587. The molecule has 1 aliphatic rings. The Bertz CT molecular complexity index is 932. The van der Waals surface area contributed by atoms with Gasteiger partial charge in [-0.3, -0.25) is 14.4 Å². The fourth-order valence-corrected chi connectivity index (χ4v) is 4.11. The normalized spacial score (nSPS) is 14.9. The number of carbonyl (C=O) groups is 3. The zero-order valence-electron chi connectivity index (χ0n) is 18.5. The number of nitrogens with one attached hydrogen (secondary N) is 2. The number of carbonyl (C=O) groups excluding carboxylic acids is 3. The van der Waals surface area contributed by atoms with Gasteiger partial charge in [-0.05, 0) is 43.0 Å². The minimum atomic E-state index is -0.816. The molecule has 1 aliphatic carbocycles. The van der Waals surface area contributed by atoms with Crippen LogP contribution in [0, 0.1) is 6.92 Å². The molecular formula is C25H31N3O4. The highest BCUT2D eigenvalue weighted by molar-refractivity contribution is 5.95. The molecule has 1 saturated carbocycles. The largest absolute Gasteiger partial charge is 0.459 e. The van der Waals surface area contributed by atoms with Crippen molar-refractivity contribution in [2.45, 2.75) is 51.1 Å². The molecule has 2 aromatic rings. The van der Waals surface area contributed by atoms with Crippen LogP contribution in [0.2, 0.25) is 0 Å². The van der Waals surface area contributed by atoms with Crippen molar-refractivity contribution < 1.29 is 18.8 Å². The van der Waals surface area contributed by atoms with E-state index in [9.17, 15) is 14.4 Å². The summed E-state index contributed by atoms with van der Waals surface area (Å²) in [6, 6.07) is 9.97. The molecule has 32 heavy (non-hydrogen) atoms. The van der Waals surface area contributed by atoms with Crippen molar-refractivity contribution in [3.8, 4) is 0 Å². The first-order valence-electron chi connectivity index (χ1n) is 11.1. The average molecular weight is 438 g/mol. The van der Waals surface area contributed by atoms with Gasteiger partial charge in [0.1, 0.15) is 6.04 Å². The summed E-state index contributed by atoms with van der Waals surface area (Å²) in [4.78, 5) is 40.3. The van der Waals surface area contributed by atoms with Crippen LogP contribution in [0.25, 0.3) is 0 Å². The third kappa shape index (κ3) is 5.87. The Morgan fingerprint density at radius 3 is 2.56 bits per heavy atom. The predicted octanol–water partition coefficient (Wildman–Crippen LogP) is 3.52. The molecule has 1 aromatic heterocycles. The molecule has 0 unspecified atom stereocenters. The van der Waals surface area contributed by atoms with Crippen LogP contribution in [-0.2, 0) is 9.59 Å². The lowest BCUT2D eigenvalue weighted by atomic mass is 9.94. The van der Waals surface area contributed by atoms with Crippen LogP contribution in [-0.4, -0.2) is 41.8 Å². The number of nitrogens with zero attached hydrogens (tertiary/aromatic N) is 1. The van der Waals surface area contributed by atoms with Gasteiger partial charge in [-0.25, -0.2) is 0 Å². The lowest BCUT2D eigenvalue weighted by Gasteiger charge is -2.33. The summed E-state index contributed by atoms with van der Waals surface area (Å²) in [6.45, 7) is 5.60. The van der Waals surface area contributed by atoms with Crippen LogP contribution in [0.1, 0.15) is 59.8 Å². The second-order valence-corrected chi connectivity index (χ2v) is 8.10. The molecule has 7 nitrogen and oxygen atoms in total. The second kappa shape index (κ2) is 11.3. The third-order valence-electron chi connectivity index (χ3n) is 5.79. The second-order valence-electron chi connectivity index (χ2n) is 8.10. The lowest BCUT2D eigenvalue weighted by Crippen LogP contribution is -2.49. The van der Waals surface area contributed by atoms with Crippen LogP contribution in [0.3, 0.4) is 0 Å². The van der Waals surface area contributed by atoms with E-state index in [1.54, 1.807) is 12.1 Å². The van der Waals surface area contributed by atoms with Gasteiger partial charge in [-0.15, -0.1) is 6.58 Å². The maximum Gasteiger partial charge on any atom is 0.287 e. The van der Waals surface area contributed by atoms with Crippen molar-refractivity contribution in [2.75, 3.05) is 13.1 Å². The highest BCUT2D eigenvalue weighted by Crippen LogP contribution is 2.26. The zero-order chi connectivity index (χ0) is 22.9. The predicted molar refractivity (Wildman–Crippen MR) is 122 cm³/mol. The molecule has 7 heteroatoms. The van der Waals surface area contributed by atoms with E-state index < -0.39 is 11.9 Å². The first-order chi connectivity index (χ1) is 15.5. The molecule has 3 amide bonds. The minimum Gasteiger partial charge on any atom is -0.459 e. The topological polar surface area (TPSA) is 91.7 Å². The summed E-state index contributed by atoms with van der Waals surface area (Å²) in [7, 11) is 0. The summed E-state index contributed by atoms with van der Waals surface area (Å²) < 4.78 is 5.07. The molecule has 1 fully saturated rings. The van der Waals surface area contributed by atoms with Gasteiger partial charge in [0, 0.05) is 12.6 Å². The Labute approximate surface area is 188 Å². The van der Waals surface area contributed by atoms with E-state index in [2.05, 4.69) is 17.2 Å². The fourth-order valence-electron chi connectivity index (χ4n) is 4.11. The number of aryl methyl sites for hydroxylation is 1. The van der Waals surface area contributed by atoms with Gasteiger partial charge in [0.25, 0.3) is 5.91 Å². The standard InChI is InChI=1S/C25H31N3O4/c1-3-15-28(22(29)17-26-24(30)21-14-9-16-32-21)23(20-13-8-7-10-18(20)2)25(31)27-19-11-5-4-6-12-19/h3,7-10,13-14,16,19,23H,1,4-6,11-12,15,17H2,2H3,(H,26,30)(H,27,31)/t23-/m0/s1. The monoisotopic (exact) mass is 437 g/mol. The van der Waals surface area contributed by atoms with Gasteiger partial charge in [-0.1, -0.05) is 49.6 Å². The van der Waals surface area contributed by atoms with Crippen LogP contribution in [0.4, 0.5) is 0 Å². The van der Waals surface area contributed by atoms with Gasteiger partial charge >= 0.3 is 0 Å². The van der Waals surface area contributed by atoms with Gasteiger partial charge < -0.3 is 20.0 Å². The summed E-state index contributed by atoms with van der Waals surface area (Å²) in [5.74, 6) is -0.949. The molecule has 2 N–H and O–H groups in total. The Hall–Kier alpha value is -3.35. The number of amides is 3. The van der Waals surface area contributed by atoms with Gasteiger partial charge in [0.2, 0.25) is 11.8 Å². The molecule has 1 heterocycles. The Balaban J connectivity index is 1.82. The highest BCUT2D eigenvalue weighted by Gasteiger charge is 2.33. The number of furan rings is 1. The SMILES string of the molecule is C=CCN(C(=O)CNC(=O)c1ccco1)[C@H](C(=O)NC1CCCCC1)c1ccccc1C. The van der Waals surface area contributed by atoms with Crippen LogP contribution in [0.15, 0.2) is 59.7 Å². The molecule has 0 bridgehead atoms. The molecule has 0 spiro atoms. The zero-order valence-corrected chi connectivity index (χ0v) is 18.5. The fraction of sp³-hybridized carbons (Fsp3) is 0.400. The van der Waals surface area contributed by atoms with Crippen molar-refractivity contribution >= 4 is 17.7 Å². The molecule has 1 aromatic carbocycles. The van der Waals surface area contributed by atoms with Gasteiger partial charge in [0.05, 0.1) is 12.8 Å². The van der Waals surface area contributed by atoms with E-state index in [1.807, 2.05) is 31.2 Å². The van der Waals surface area contributed by atoms with Crippen LogP contribution < -0.4 is 10.6 Å². The van der Waals surface area contributed by atoms with Crippen molar-refractivity contribution in [1.29, 1.82) is 0 Å². The molecule has 1 atom stereocenters. The Kier molecular flexibility index (Phi) is 8.25. The van der Waals surface area contributed by atoms with E-state index in [-0.39, 0.29) is 36.7 Å². The van der Waals surface area contributed by atoms with Crippen molar-refractivity contribution in [3.05, 3.63) is 72.2 Å². The van der Waals surface area contributed by atoms with E-state index in [1.165, 1.54) is 23.7 Å². The Morgan fingerprint density at radius 2 is 1.91 bits per heavy atom. The highest BCUT2D eigenvalue weighted by atomic mass is 16.3. The van der Waals surface area contributed by atoms with Crippen LogP contribution in [0.5, 0.6) is 0 Å². The molecule has 0 saturated heterocycles. The summed E-state index contributed by atoms with van der Waals surface area (Å²) in [5.41, 5.74) is 1.67. The lowest BCUT2D eigenvalue weighted by molar-refractivity contribution is -0.140. The minimum absolute atomic E-state index is 0.113. The Morgan fingerprint density at radius 1 is 1.16 bits per heavy atom. The summed E-state index contributed by atoms with van der Waals surface area (Å²) in [6.07, 6.45) is 8.24. The average Bonchev–Trinajstić information content (AvgIpc) is 3.34. The number of rotatable bonds is 9. The van der Waals surface area contributed by atoms with Crippen molar-refractivity contribution in [3.63, 3.8) is 0 Å². The number of hydrogen-bond acceptors (Lipinski definition) is 4. The van der Waals surface area contributed by atoms with E-state index in [0.717, 1.165) is 36.8 Å². The number of hydrogen-bond donors (Lipinski definition) is 2. The third-order valence-corrected chi connectivity index (χ3v) is 5.79. The first kappa shape index (κ1) is 23.3. The molecule has 0 aliphatic heterocycles. The molecule has 170 valence electrons. The van der Waals surface area contributed by atoms with Gasteiger partial charge in [-0.2, -0.15) is 0 Å². The van der Waals surface area contributed by atoms with Crippen molar-refractivity contribution in [1.82, 2.24) is 15.5 Å². The summed E-state index contributed by atoms with van der Waals surface area (Å²) in [5, 5.41) is 5.73. The van der Waals surface area contributed by atoms with Gasteiger partial charge in [0.15, 0.2) is 5.76 Å². The molecular weight excluding hydrogens is 406 g/mol. The van der Waals surface area contributed by atoms with Crippen LogP contribution >= 0.6 is 0 Å². The van der Waals surface area contributed by atoms with E-state index >= 15 is 0 Å². The number of benzene rings is 1. The molecule has 0 radical (unpaired) electrons. The summed E-state index contributed by atoms with van der Waals surface area (Å²) >= 11 is 0. The van der Waals surface area contributed by atoms with Crippen molar-refractivity contribution in [2.24, 2.45) is 0 Å². The maximum absolute atomic E-state index is 13.5. The smallest absolute Gasteiger partial charge is 0.287 e. The van der Waals surface area contributed by atoms with E-state index in [0.29, 0.717) is 0 Å². The molecule has 3 rings (SSSR count). The first-order valence-corrected chi connectivity index (χ1v) is 11.1. The van der Waals surface area contributed by atoms with E-state index in [4.69, 9.17) is 4.42 Å².